The SMILES string of the molecule is CCOc1cc(CCCN)c(OC)cc1C. The summed E-state index contributed by atoms with van der Waals surface area (Å²) in [7, 11) is 1.70. The second kappa shape index (κ2) is 6.38. The van der Waals surface area contributed by atoms with Crippen LogP contribution in [0.2, 0.25) is 0 Å². The number of nitrogens with two attached hydrogens (primary N) is 1. The number of rotatable bonds is 6. The lowest BCUT2D eigenvalue weighted by Crippen LogP contribution is -2.03. The minimum absolute atomic E-state index is 0.684. The van der Waals surface area contributed by atoms with Gasteiger partial charge in [0.15, 0.2) is 0 Å². The van der Waals surface area contributed by atoms with Gasteiger partial charge < -0.3 is 15.2 Å². The van der Waals surface area contributed by atoms with Gasteiger partial charge in [-0.05, 0) is 56.5 Å². The third-order valence-electron chi connectivity index (χ3n) is 2.53. The fourth-order valence-electron chi connectivity index (χ4n) is 1.69. The van der Waals surface area contributed by atoms with Crippen molar-refractivity contribution in [3.63, 3.8) is 0 Å². The lowest BCUT2D eigenvalue weighted by Gasteiger charge is -2.13. The maximum Gasteiger partial charge on any atom is 0.122 e. The van der Waals surface area contributed by atoms with Crippen molar-refractivity contribution in [1.82, 2.24) is 0 Å². The van der Waals surface area contributed by atoms with Gasteiger partial charge in [-0.25, -0.2) is 0 Å². The lowest BCUT2D eigenvalue weighted by molar-refractivity contribution is 0.335. The van der Waals surface area contributed by atoms with Gasteiger partial charge >= 0.3 is 0 Å². The van der Waals surface area contributed by atoms with E-state index in [4.69, 9.17) is 15.2 Å². The van der Waals surface area contributed by atoms with Gasteiger partial charge in [0.1, 0.15) is 11.5 Å². The van der Waals surface area contributed by atoms with Crippen molar-refractivity contribution >= 4 is 0 Å². The van der Waals surface area contributed by atoms with Crippen LogP contribution in [0.3, 0.4) is 0 Å². The summed E-state index contributed by atoms with van der Waals surface area (Å²) in [6, 6.07) is 4.09. The number of hydrogen-bond donors (Lipinski definition) is 1. The van der Waals surface area contributed by atoms with E-state index in [2.05, 4.69) is 6.07 Å². The van der Waals surface area contributed by atoms with E-state index < -0.39 is 0 Å². The topological polar surface area (TPSA) is 44.5 Å². The number of hydrogen-bond acceptors (Lipinski definition) is 3. The molecule has 0 spiro atoms. The van der Waals surface area contributed by atoms with E-state index in [1.807, 2.05) is 19.9 Å². The van der Waals surface area contributed by atoms with Gasteiger partial charge in [-0.3, -0.25) is 0 Å². The van der Waals surface area contributed by atoms with Crippen LogP contribution >= 0.6 is 0 Å². The van der Waals surface area contributed by atoms with Gasteiger partial charge in [0.2, 0.25) is 0 Å². The van der Waals surface area contributed by atoms with Gasteiger partial charge in [-0.1, -0.05) is 0 Å². The first-order chi connectivity index (χ1) is 7.72. The first kappa shape index (κ1) is 12.8. The van der Waals surface area contributed by atoms with Crippen LogP contribution in [0.4, 0.5) is 0 Å². The summed E-state index contributed by atoms with van der Waals surface area (Å²) >= 11 is 0. The molecule has 1 rings (SSSR count). The molecule has 0 aliphatic rings. The van der Waals surface area contributed by atoms with Crippen LogP contribution in [0.25, 0.3) is 0 Å². The Bertz CT molecular complexity index is 337. The van der Waals surface area contributed by atoms with Crippen molar-refractivity contribution in [3.8, 4) is 11.5 Å². The van der Waals surface area contributed by atoms with Gasteiger partial charge in [-0.15, -0.1) is 0 Å². The van der Waals surface area contributed by atoms with E-state index >= 15 is 0 Å². The second-order valence-corrected chi connectivity index (χ2v) is 3.75. The molecule has 1 aromatic carbocycles. The smallest absolute Gasteiger partial charge is 0.122 e. The largest absolute Gasteiger partial charge is 0.496 e. The zero-order chi connectivity index (χ0) is 12.0. The Morgan fingerprint density at radius 1 is 1.25 bits per heavy atom. The minimum Gasteiger partial charge on any atom is -0.496 e. The Kier molecular flexibility index (Phi) is 5.12. The van der Waals surface area contributed by atoms with Gasteiger partial charge in [0.25, 0.3) is 0 Å². The van der Waals surface area contributed by atoms with Gasteiger partial charge in [0, 0.05) is 0 Å². The van der Waals surface area contributed by atoms with E-state index in [9.17, 15) is 0 Å². The molecule has 3 heteroatoms. The first-order valence-corrected chi connectivity index (χ1v) is 5.73. The average Bonchev–Trinajstić information content (AvgIpc) is 2.29. The Hall–Kier alpha value is -1.22. The molecule has 2 N–H and O–H groups in total. The third-order valence-corrected chi connectivity index (χ3v) is 2.53. The normalized spacial score (nSPS) is 10.2. The zero-order valence-corrected chi connectivity index (χ0v) is 10.4. The van der Waals surface area contributed by atoms with E-state index in [0.717, 1.165) is 29.9 Å². The number of methoxy groups -OCH3 is 1. The molecule has 0 aliphatic heterocycles. The van der Waals surface area contributed by atoms with Gasteiger partial charge in [0.05, 0.1) is 13.7 Å². The highest BCUT2D eigenvalue weighted by Gasteiger charge is 2.08. The summed E-state index contributed by atoms with van der Waals surface area (Å²) in [6.07, 6.45) is 1.89. The Morgan fingerprint density at radius 3 is 2.56 bits per heavy atom. The molecule has 0 unspecified atom stereocenters. The molecular formula is C13H21NO2. The van der Waals surface area contributed by atoms with Gasteiger partial charge in [-0.2, -0.15) is 0 Å². The van der Waals surface area contributed by atoms with Crippen LogP contribution in [0.15, 0.2) is 12.1 Å². The van der Waals surface area contributed by atoms with Crippen LogP contribution in [0.1, 0.15) is 24.5 Å². The molecule has 16 heavy (non-hydrogen) atoms. The maximum absolute atomic E-state index is 5.57. The monoisotopic (exact) mass is 223 g/mol. The van der Waals surface area contributed by atoms with E-state index in [1.54, 1.807) is 7.11 Å². The molecule has 0 heterocycles. The van der Waals surface area contributed by atoms with E-state index in [0.29, 0.717) is 13.2 Å². The molecule has 0 amide bonds. The Morgan fingerprint density at radius 2 is 2.00 bits per heavy atom. The summed E-state index contributed by atoms with van der Waals surface area (Å²) in [4.78, 5) is 0. The van der Waals surface area contributed by atoms with Crippen molar-refractivity contribution in [2.24, 2.45) is 5.73 Å². The molecule has 0 fully saturated rings. The molecule has 0 aromatic heterocycles. The van der Waals surface area contributed by atoms with Crippen molar-refractivity contribution in [1.29, 1.82) is 0 Å². The maximum atomic E-state index is 5.57. The van der Waals surface area contributed by atoms with Crippen LogP contribution in [0.5, 0.6) is 11.5 Å². The molecule has 90 valence electrons. The van der Waals surface area contributed by atoms with Crippen LogP contribution in [0, 0.1) is 6.92 Å². The molecule has 3 nitrogen and oxygen atoms in total. The summed E-state index contributed by atoms with van der Waals surface area (Å²) in [6.45, 7) is 5.40. The summed E-state index contributed by atoms with van der Waals surface area (Å²) in [5.74, 6) is 1.87. The van der Waals surface area contributed by atoms with Crippen molar-refractivity contribution in [2.75, 3.05) is 20.3 Å². The zero-order valence-electron chi connectivity index (χ0n) is 10.4. The quantitative estimate of drug-likeness (QED) is 0.804. The third kappa shape index (κ3) is 3.14. The van der Waals surface area contributed by atoms with E-state index in [-0.39, 0.29) is 0 Å². The fraction of sp³-hybridized carbons (Fsp3) is 0.538. The van der Waals surface area contributed by atoms with Crippen molar-refractivity contribution < 1.29 is 9.47 Å². The minimum atomic E-state index is 0.684. The van der Waals surface area contributed by atoms with Crippen LogP contribution < -0.4 is 15.2 Å². The van der Waals surface area contributed by atoms with Crippen LogP contribution in [-0.4, -0.2) is 20.3 Å². The molecule has 0 saturated carbocycles. The highest BCUT2D eigenvalue weighted by molar-refractivity contribution is 5.46. The number of benzene rings is 1. The van der Waals surface area contributed by atoms with Crippen molar-refractivity contribution in [2.45, 2.75) is 26.7 Å². The highest BCUT2D eigenvalue weighted by Crippen LogP contribution is 2.29. The molecule has 0 atom stereocenters. The second-order valence-electron chi connectivity index (χ2n) is 3.75. The molecule has 0 aliphatic carbocycles. The standard InChI is InChI=1S/C13H21NO2/c1-4-16-12-9-11(6-5-7-14)13(15-3)8-10(12)2/h8-9H,4-7,14H2,1-3H3. The summed E-state index contributed by atoms with van der Waals surface area (Å²) in [5.41, 5.74) is 7.80. The lowest BCUT2D eigenvalue weighted by atomic mass is 10.1. The predicted molar refractivity (Wildman–Crippen MR) is 66.3 cm³/mol. The van der Waals surface area contributed by atoms with Crippen molar-refractivity contribution in [3.05, 3.63) is 23.3 Å². The molecule has 0 radical (unpaired) electrons. The molecule has 0 bridgehead atoms. The summed E-state index contributed by atoms with van der Waals surface area (Å²) in [5, 5.41) is 0. The Balaban J connectivity index is 2.97. The van der Waals surface area contributed by atoms with Crippen LogP contribution in [-0.2, 0) is 6.42 Å². The summed E-state index contributed by atoms with van der Waals surface area (Å²) < 4.78 is 10.9. The first-order valence-electron chi connectivity index (χ1n) is 5.73. The molecule has 0 saturated heterocycles. The molecular weight excluding hydrogens is 202 g/mol. The Labute approximate surface area is 97.6 Å². The molecule has 1 aromatic rings. The number of aryl methyl sites for hydroxylation is 2. The van der Waals surface area contributed by atoms with E-state index in [1.165, 1.54) is 5.56 Å². The average molecular weight is 223 g/mol. The number of ether oxygens (including phenoxy) is 2. The highest BCUT2D eigenvalue weighted by atomic mass is 16.5. The predicted octanol–water partition coefficient (Wildman–Crippen LogP) is 2.29. The fourth-order valence-corrected chi connectivity index (χ4v) is 1.69.